The van der Waals surface area contributed by atoms with Gasteiger partial charge in [-0.1, -0.05) is 6.42 Å². The van der Waals surface area contributed by atoms with Crippen molar-refractivity contribution in [2.24, 2.45) is 11.7 Å². The number of carbonyl (C=O) groups is 1. The van der Waals surface area contributed by atoms with Gasteiger partial charge in [-0.3, -0.25) is 4.79 Å². The first kappa shape index (κ1) is 9.72. The fourth-order valence-electron chi connectivity index (χ4n) is 1.30. The number of nitrogens with two attached hydrogens (primary N) is 1. The van der Waals surface area contributed by atoms with E-state index in [1.165, 1.54) is 0 Å². The number of carboxylic acid groups (broad SMARTS) is 1. The van der Waals surface area contributed by atoms with Crippen molar-refractivity contribution in [1.82, 2.24) is 0 Å². The molecule has 10 heavy (non-hydrogen) atoms. The maximum atomic E-state index is 10.3. The second-order valence-corrected chi connectivity index (χ2v) is 2.54. The Balaban J connectivity index is 0.000000810. The van der Waals surface area contributed by atoms with Crippen LogP contribution in [-0.4, -0.2) is 17.1 Å². The van der Waals surface area contributed by atoms with Gasteiger partial charge in [-0.2, -0.15) is 0 Å². The number of rotatable bonds is 1. The van der Waals surface area contributed by atoms with Crippen LogP contribution in [0.15, 0.2) is 0 Å². The highest BCUT2D eigenvalue weighted by molar-refractivity contribution is 5.85. The molecule has 0 bridgehead atoms. The molecule has 0 aromatic heterocycles. The molecule has 1 aliphatic carbocycles. The first-order valence-corrected chi connectivity index (χ1v) is 3.20. The summed E-state index contributed by atoms with van der Waals surface area (Å²) < 4.78 is 0. The van der Waals surface area contributed by atoms with Crippen molar-refractivity contribution < 1.29 is 9.90 Å². The zero-order valence-electron chi connectivity index (χ0n) is 5.62. The summed E-state index contributed by atoms with van der Waals surface area (Å²) in [5.41, 5.74) is 5.50. The van der Waals surface area contributed by atoms with Crippen molar-refractivity contribution in [3.8, 4) is 0 Å². The van der Waals surface area contributed by atoms with Crippen molar-refractivity contribution in [1.29, 1.82) is 0 Å². The van der Waals surface area contributed by atoms with E-state index < -0.39 is 5.97 Å². The van der Waals surface area contributed by atoms with Crippen molar-refractivity contribution >= 4 is 18.4 Å². The van der Waals surface area contributed by atoms with E-state index in [1.54, 1.807) is 0 Å². The summed E-state index contributed by atoms with van der Waals surface area (Å²) in [4.78, 5) is 10.3. The van der Waals surface area contributed by atoms with Crippen LogP contribution < -0.4 is 5.73 Å². The van der Waals surface area contributed by atoms with Gasteiger partial charge in [-0.05, 0) is 12.8 Å². The van der Waals surface area contributed by atoms with Crippen LogP contribution in [0.1, 0.15) is 19.3 Å². The fourth-order valence-corrected chi connectivity index (χ4v) is 1.30. The molecular formula is C6H12ClNO2. The summed E-state index contributed by atoms with van der Waals surface area (Å²) in [5, 5.41) is 8.50. The SMILES string of the molecule is Cl.N[C@@H]1CCC[C@@H]1C(=O)O. The van der Waals surface area contributed by atoms with Crippen LogP contribution in [0.2, 0.25) is 0 Å². The van der Waals surface area contributed by atoms with Gasteiger partial charge in [0.2, 0.25) is 0 Å². The monoisotopic (exact) mass is 165 g/mol. The zero-order valence-corrected chi connectivity index (χ0v) is 6.43. The summed E-state index contributed by atoms with van der Waals surface area (Å²) in [6.07, 6.45) is 2.60. The van der Waals surface area contributed by atoms with Crippen molar-refractivity contribution in [3.05, 3.63) is 0 Å². The molecule has 60 valence electrons. The average Bonchev–Trinajstić information content (AvgIpc) is 2.13. The van der Waals surface area contributed by atoms with E-state index in [-0.39, 0.29) is 24.4 Å². The molecule has 0 aromatic carbocycles. The maximum Gasteiger partial charge on any atom is 0.308 e. The molecule has 3 nitrogen and oxygen atoms in total. The summed E-state index contributed by atoms with van der Waals surface area (Å²) >= 11 is 0. The zero-order chi connectivity index (χ0) is 6.85. The van der Waals surface area contributed by atoms with Crippen LogP contribution in [0, 0.1) is 5.92 Å². The predicted octanol–water partition coefficient (Wildman–Crippen LogP) is 0.620. The number of aliphatic carboxylic acids is 1. The van der Waals surface area contributed by atoms with Crippen LogP contribution in [0.25, 0.3) is 0 Å². The molecule has 0 aliphatic heterocycles. The van der Waals surface area contributed by atoms with Gasteiger partial charge in [-0.25, -0.2) is 0 Å². The Hall–Kier alpha value is -0.280. The van der Waals surface area contributed by atoms with E-state index in [1.807, 2.05) is 0 Å². The molecule has 0 amide bonds. The van der Waals surface area contributed by atoms with Crippen LogP contribution >= 0.6 is 12.4 Å². The molecule has 4 heteroatoms. The molecule has 0 aromatic rings. The first-order valence-electron chi connectivity index (χ1n) is 3.20. The quantitative estimate of drug-likeness (QED) is 0.599. The van der Waals surface area contributed by atoms with Crippen LogP contribution in [0.3, 0.4) is 0 Å². The molecule has 0 heterocycles. The van der Waals surface area contributed by atoms with Crippen molar-refractivity contribution in [2.75, 3.05) is 0 Å². The second kappa shape index (κ2) is 3.78. The van der Waals surface area contributed by atoms with Gasteiger partial charge in [0.15, 0.2) is 0 Å². The Labute approximate surface area is 66.0 Å². The lowest BCUT2D eigenvalue weighted by atomic mass is 10.1. The van der Waals surface area contributed by atoms with Gasteiger partial charge in [0.05, 0.1) is 5.92 Å². The second-order valence-electron chi connectivity index (χ2n) is 2.54. The average molecular weight is 166 g/mol. The number of hydrogen-bond acceptors (Lipinski definition) is 2. The fraction of sp³-hybridized carbons (Fsp3) is 0.833. The van der Waals surface area contributed by atoms with Gasteiger partial charge < -0.3 is 10.8 Å². The predicted molar refractivity (Wildman–Crippen MR) is 40.2 cm³/mol. The highest BCUT2D eigenvalue weighted by Crippen LogP contribution is 2.23. The standard InChI is InChI=1S/C6H11NO2.ClH/c7-5-3-1-2-4(5)6(8)9;/h4-5H,1-3,7H2,(H,8,9);1H/t4-,5+;/m0./s1. The molecule has 1 saturated carbocycles. The number of carboxylic acids is 1. The highest BCUT2D eigenvalue weighted by atomic mass is 35.5. The largest absolute Gasteiger partial charge is 0.481 e. The molecule has 2 atom stereocenters. The van der Waals surface area contributed by atoms with Crippen molar-refractivity contribution in [3.63, 3.8) is 0 Å². The third-order valence-corrected chi connectivity index (χ3v) is 1.89. The normalized spacial score (nSPS) is 31.3. The third-order valence-electron chi connectivity index (χ3n) is 1.89. The molecule has 1 rings (SSSR count). The summed E-state index contributed by atoms with van der Waals surface area (Å²) in [6, 6.07) is -0.0949. The van der Waals surface area contributed by atoms with E-state index in [0.717, 1.165) is 19.3 Å². The summed E-state index contributed by atoms with van der Waals surface area (Å²) in [6.45, 7) is 0. The smallest absolute Gasteiger partial charge is 0.308 e. The molecule has 3 N–H and O–H groups in total. The van der Waals surface area contributed by atoms with E-state index in [2.05, 4.69) is 0 Å². The van der Waals surface area contributed by atoms with Gasteiger partial charge in [-0.15, -0.1) is 12.4 Å². The minimum Gasteiger partial charge on any atom is -0.481 e. The third kappa shape index (κ3) is 1.85. The highest BCUT2D eigenvalue weighted by Gasteiger charge is 2.29. The Morgan fingerprint density at radius 2 is 2.10 bits per heavy atom. The van der Waals surface area contributed by atoms with Gasteiger partial charge in [0, 0.05) is 6.04 Å². The minimum absolute atomic E-state index is 0. The summed E-state index contributed by atoms with van der Waals surface area (Å²) in [7, 11) is 0. The first-order chi connectivity index (χ1) is 4.22. The Morgan fingerprint density at radius 1 is 1.50 bits per heavy atom. The molecule has 0 saturated heterocycles. The number of hydrogen-bond donors (Lipinski definition) is 2. The molecule has 0 unspecified atom stereocenters. The van der Waals surface area contributed by atoms with E-state index in [0.29, 0.717) is 0 Å². The molecule has 0 radical (unpaired) electrons. The van der Waals surface area contributed by atoms with E-state index in [9.17, 15) is 4.79 Å². The molecular weight excluding hydrogens is 154 g/mol. The summed E-state index contributed by atoms with van der Waals surface area (Å²) in [5.74, 6) is -1.01. The van der Waals surface area contributed by atoms with Gasteiger partial charge in [0.1, 0.15) is 0 Å². The topological polar surface area (TPSA) is 63.3 Å². The minimum atomic E-state index is -0.736. The Bertz CT molecular complexity index is 129. The van der Waals surface area contributed by atoms with Crippen molar-refractivity contribution in [2.45, 2.75) is 25.3 Å². The van der Waals surface area contributed by atoms with Crippen LogP contribution in [0.4, 0.5) is 0 Å². The van der Waals surface area contributed by atoms with E-state index >= 15 is 0 Å². The lowest BCUT2D eigenvalue weighted by Gasteiger charge is -2.07. The Kier molecular flexibility index (Phi) is 3.68. The lowest BCUT2D eigenvalue weighted by molar-refractivity contribution is -0.141. The van der Waals surface area contributed by atoms with E-state index in [4.69, 9.17) is 10.8 Å². The van der Waals surface area contributed by atoms with Crippen LogP contribution in [0.5, 0.6) is 0 Å². The van der Waals surface area contributed by atoms with Crippen LogP contribution in [-0.2, 0) is 4.79 Å². The number of halogens is 1. The molecule has 0 spiro atoms. The lowest BCUT2D eigenvalue weighted by Crippen LogP contribution is -2.30. The van der Waals surface area contributed by atoms with Gasteiger partial charge in [0.25, 0.3) is 0 Å². The molecule has 1 fully saturated rings. The Morgan fingerprint density at radius 3 is 2.30 bits per heavy atom. The van der Waals surface area contributed by atoms with Gasteiger partial charge >= 0.3 is 5.97 Å². The maximum absolute atomic E-state index is 10.3. The molecule has 1 aliphatic rings.